The van der Waals surface area contributed by atoms with Gasteiger partial charge in [0.2, 0.25) is 17.7 Å². The zero-order chi connectivity index (χ0) is 39.8. The predicted octanol–water partition coefficient (Wildman–Crippen LogP) is 6.71. The Morgan fingerprint density at radius 1 is 0.912 bits per heavy atom. The Labute approximate surface area is 330 Å². The second-order valence-corrected chi connectivity index (χ2v) is 15.8. The number of rotatable bonds is 9. The Balaban J connectivity index is 1.00. The lowest BCUT2D eigenvalue weighted by Crippen LogP contribution is -2.39. The molecule has 5 aromatic rings. The molecule has 2 N–H and O–H groups in total. The first-order valence-corrected chi connectivity index (χ1v) is 19.8. The van der Waals surface area contributed by atoms with E-state index >= 15 is 8.78 Å². The minimum atomic E-state index is -0.533. The first-order valence-electron chi connectivity index (χ1n) is 19.8. The van der Waals surface area contributed by atoms with E-state index in [-0.39, 0.29) is 53.2 Å². The average molecular weight is 776 g/mol. The molecule has 3 saturated heterocycles. The summed E-state index contributed by atoms with van der Waals surface area (Å²) in [6.07, 6.45) is 7.59. The van der Waals surface area contributed by atoms with Crippen molar-refractivity contribution in [2.75, 3.05) is 45.2 Å². The molecule has 3 aliphatic heterocycles. The summed E-state index contributed by atoms with van der Waals surface area (Å²) in [4.78, 5) is 58.7. The molecule has 8 rings (SSSR count). The fourth-order valence-corrected chi connectivity index (χ4v) is 8.83. The number of hydrogen-bond acceptors (Lipinski definition) is 6. The fourth-order valence-electron chi connectivity index (χ4n) is 8.83. The van der Waals surface area contributed by atoms with Gasteiger partial charge in [0.1, 0.15) is 11.5 Å². The van der Waals surface area contributed by atoms with Gasteiger partial charge < -0.3 is 19.7 Å². The molecule has 11 nitrogen and oxygen atoms in total. The van der Waals surface area contributed by atoms with Gasteiger partial charge in [0.15, 0.2) is 5.82 Å². The van der Waals surface area contributed by atoms with Crippen LogP contribution in [0.4, 0.5) is 14.5 Å². The maximum Gasteiger partial charge on any atom is 0.269 e. The van der Waals surface area contributed by atoms with E-state index in [0.717, 1.165) is 36.8 Å². The number of hydrogen-bond donors (Lipinski definition) is 2. The quantitative estimate of drug-likeness (QED) is 0.161. The summed E-state index contributed by atoms with van der Waals surface area (Å²) < 4.78 is 33.7. The van der Waals surface area contributed by atoms with E-state index in [1.807, 2.05) is 28.1 Å². The third-order valence-corrected chi connectivity index (χ3v) is 12.0. The summed E-state index contributed by atoms with van der Waals surface area (Å²) in [6, 6.07) is 18.7. The molecule has 0 spiro atoms. The number of fused-ring (bicyclic) bond motifs is 1. The van der Waals surface area contributed by atoms with Crippen molar-refractivity contribution < 1.29 is 28.0 Å². The highest BCUT2D eigenvalue weighted by Crippen LogP contribution is 2.40. The van der Waals surface area contributed by atoms with Crippen LogP contribution in [0.25, 0.3) is 22.0 Å². The first-order chi connectivity index (χ1) is 27.5. The van der Waals surface area contributed by atoms with E-state index in [1.54, 1.807) is 43.2 Å². The molecule has 0 bridgehead atoms. The molecule has 13 heteroatoms. The molecule has 296 valence electrons. The molecule has 1 unspecified atom stereocenters. The molecule has 0 saturated carbocycles. The van der Waals surface area contributed by atoms with Crippen LogP contribution in [0.15, 0.2) is 73.1 Å². The standard InChI is InChI=1S/C44H47F2N7O4/c1-50(2)44(57)37-25-35-33(24-34(41(46)42(35)48-37)31-5-3-18-52(26-31)40(55)16-22-53-19-4-17-47-53)29-8-6-27(7-9-29)28-14-20-51(21-15-28)38-12-10-30(23-36(38)45)32-11-13-39(54)49-43(32)56/h4,6-10,12,17,19,23-25,28,31-32,48H,3,5,11,13-16,18,20-22,26H2,1-2H3,(H,49,54,56)/t31-,32?/m0/s1. The third kappa shape index (κ3) is 7.79. The lowest BCUT2D eigenvalue weighted by atomic mass is 9.85. The highest BCUT2D eigenvalue weighted by atomic mass is 19.1. The number of amides is 4. The second kappa shape index (κ2) is 16.0. The normalized spacial score (nSPS) is 19.2. The van der Waals surface area contributed by atoms with Crippen molar-refractivity contribution >= 4 is 40.2 Å². The molecule has 3 fully saturated rings. The zero-order valence-corrected chi connectivity index (χ0v) is 32.3. The number of anilines is 1. The van der Waals surface area contributed by atoms with E-state index in [0.29, 0.717) is 73.5 Å². The van der Waals surface area contributed by atoms with Crippen molar-refractivity contribution in [3.8, 4) is 11.1 Å². The molecule has 3 aromatic carbocycles. The number of halogens is 2. The number of nitrogens with one attached hydrogen (secondary N) is 2. The van der Waals surface area contributed by atoms with Crippen LogP contribution in [-0.4, -0.2) is 88.5 Å². The zero-order valence-electron chi connectivity index (χ0n) is 32.3. The number of imide groups is 1. The molecule has 3 aliphatic rings. The minimum Gasteiger partial charge on any atom is -0.369 e. The summed E-state index contributed by atoms with van der Waals surface area (Å²) >= 11 is 0. The van der Waals surface area contributed by atoms with Crippen LogP contribution >= 0.6 is 0 Å². The van der Waals surface area contributed by atoms with Crippen LogP contribution < -0.4 is 10.2 Å². The van der Waals surface area contributed by atoms with E-state index in [2.05, 4.69) is 39.7 Å². The number of piperidine rings is 3. The van der Waals surface area contributed by atoms with E-state index in [4.69, 9.17) is 0 Å². The maximum atomic E-state index is 16.6. The van der Waals surface area contributed by atoms with Crippen molar-refractivity contribution in [1.29, 1.82) is 0 Å². The van der Waals surface area contributed by atoms with Gasteiger partial charge in [-0.2, -0.15) is 5.10 Å². The number of aryl methyl sites for hydroxylation is 1. The lowest BCUT2D eigenvalue weighted by Gasteiger charge is -2.34. The molecular formula is C44H47F2N7O4. The molecule has 57 heavy (non-hydrogen) atoms. The van der Waals surface area contributed by atoms with Crippen LogP contribution in [0.3, 0.4) is 0 Å². The first kappa shape index (κ1) is 38.0. The Bertz CT molecular complexity index is 2310. The SMILES string of the molecule is CN(C)C(=O)c1cc2c(-c3ccc(C4CCN(c5ccc(C6CCC(=O)NC6=O)cc5F)CC4)cc3)cc([C@H]3CCCN(C(=O)CCn4cccn4)C3)c(F)c2[nH]1. The smallest absolute Gasteiger partial charge is 0.269 e. The number of nitrogens with zero attached hydrogens (tertiary/aromatic N) is 5. The van der Waals surface area contributed by atoms with Gasteiger partial charge in [-0.25, -0.2) is 8.78 Å². The van der Waals surface area contributed by atoms with Gasteiger partial charge in [-0.05, 0) is 96.2 Å². The molecular weight excluding hydrogens is 729 g/mol. The topological polar surface area (TPSA) is 124 Å². The molecule has 2 aromatic heterocycles. The van der Waals surface area contributed by atoms with Gasteiger partial charge in [-0.3, -0.25) is 29.2 Å². The molecule has 4 amide bonds. The van der Waals surface area contributed by atoms with Crippen LogP contribution in [-0.2, 0) is 20.9 Å². The lowest BCUT2D eigenvalue weighted by molar-refractivity contribution is -0.134. The summed E-state index contributed by atoms with van der Waals surface area (Å²) in [6.45, 7) is 2.85. The van der Waals surface area contributed by atoms with Crippen LogP contribution in [0.2, 0.25) is 0 Å². The van der Waals surface area contributed by atoms with E-state index in [9.17, 15) is 19.2 Å². The Kier molecular flexibility index (Phi) is 10.6. The van der Waals surface area contributed by atoms with Gasteiger partial charge in [-0.1, -0.05) is 30.3 Å². The van der Waals surface area contributed by atoms with Crippen LogP contribution in [0, 0.1) is 11.6 Å². The molecule has 0 radical (unpaired) electrons. The summed E-state index contributed by atoms with van der Waals surface area (Å²) in [5.74, 6) is -2.16. The highest BCUT2D eigenvalue weighted by molar-refractivity contribution is 6.03. The average Bonchev–Trinajstić information content (AvgIpc) is 3.92. The molecule has 2 atom stereocenters. The third-order valence-electron chi connectivity index (χ3n) is 12.0. The van der Waals surface area contributed by atoms with Crippen molar-refractivity contribution in [3.63, 3.8) is 0 Å². The molecule has 0 aliphatic carbocycles. The number of carbonyl (C=O) groups excluding carboxylic acids is 4. The summed E-state index contributed by atoms with van der Waals surface area (Å²) in [7, 11) is 3.33. The highest BCUT2D eigenvalue weighted by Gasteiger charge is 2.31. The number of aromatic nitrogens is 3. The fraction of sp³-hybridized carbons (Fsp3) is 0.386. The monoisotopic (exact) mass is 775 g/mol. The summed E-state index contributed by atoms with van der Waals surface area (Å²) in [5, 5.41) is 7.17. The van der Waals surface area contributed by atoms with Gasteiger partial charge in [0, 0.05) is 83.4 Å². The minimum absolute atomic E-state index is 0.0184. The van der Waals surface area contributed by atoms with Gasteiger partial charge in [0.25, 0.3) is 5.91 Å². The maximum absolute atomic E-state index is 16.6. The van der Waals surface area contributed by atoms with E-state index in [1.165, 1.54) is 16.5 Å². The van der Waals surface area contributed by atoms with Crippen molar-refractivity contribution in [2.24, 2.45) is 0 Å². The number of aromatic amines is 1. The van der Waals surface area contributed by atoms with Crippen LogP contribution in [0.1, 0.15) is 89.9 Å². The van der Waals surface area contributed by atoms with Gasteiger partial charge in [-0.15, -0.1) is 0 Å². The number of H-pyrrole nitrogens is 1. The largest absolute Gasteiger partial charge is 0.369 e. The Morgan fingerprint density at radius 3 is 2.39 bits per heavy atom. The predicted molar refractivity (Wildman–Crippen MR) is 213 cm³/mol. The van der Waals surface area contributed by atoms with Gasteiger partial charge >= 0.3 is 0 Å². The van der Waals surface area contributed by atoms with Crippen molar-refractivity contribution in [3.05, 3.63) is 107 Å². The Hall–Kier alpha value is -5.85. The van der Waals surface area contributed by atoms with E-state index < -0.39 is 11.7 Å². The Morgan fingerprint density at radius 2 is 1.68 bits per heavy atom. The summed E-state index contributed by atoms with van der Waals surface area (Å²) in [5.41, 5.74) is 5.08. The van der Waals surface area contributed by atoms with Crippen molar-refractivity contribution in [1.82, 2.24) is 29.9 Å². The number of benzene rings is 3. The number of likely N-dealkylation sites (tertiary alicyclic amines) is 1. The van der Waals surface area contributed by atoms with Crippen LogP contribution in [0.5, 0.6) is 0 Å². The number of carbonyl (C=O) groups is 4. The van der Waals surface area contributed by atoms with Gasteiger partial charge in [0.05, 0.1) is 17.1 Å². The molecule has 5 heterocycles. The van der Waals surface area contributed by atoms with Crippen molar-refractivity contribution in [2.45, 2.75) is 69.2 Å². The second-order valence-electron chi connectivity index (χ2n) is 15.8.